The lowest BCUT2D eigenvalue weighted by atomic mass is 10.2. The second kappa shape index (κ2) is 5.27. The van der Waals surface area contributed by atoms with Crippen molar-refractivity contribution in [3.05, 3.63) is 40.7 Å². The lowest BCUT2D eigenvalue weighted by molar-refractivity contribution is 0.0690. The van der Waals surface area contributed by atoms with Gasteiger partial charge in [0.2, 0.25) is 0 Å². The number of aryl methyl sites for hydroxylation is 1. The number of carboxylic acids is 1. The first-order valence-corrected chi connectivity index (χ1v) is 6.42. The third kappa shape index (κ3) is 2.56. The molecule has 0 spiro atoms. The van der Waals surface area contributed by atoms with Crippen LogP contribution < -0.4 is 0 Å². The van der Waals surface area contributed by atoms with E-state index in [1.54, 1.807) is 12.1 Å². The fourth-order valence-corrected chi connectivity index (χ4v) is 2.79. The normalized spacial score (nSPS) is 10.6. The van der Waals surface area contributed by atoms with Crippen LogP contribution in [-0.4, -0.2) is 16.1 Å². The average Bonchev–Trinajstić information content (AvgIpc) is 2.75. The molecular weight excluding hydrogens is 253 g/mol. The van der Waals surface area contributed by atoms with Crippen molar-refractivity contribution in [3.8, 4) is 10.6 Å². The topological polar surface area (TPSA) is 50.2 Å². The van der Waals surface area contributed by atoms with Gasteiger partial charge in [-0.25, -0.2) is 14.2 Å². The molecule has 1 aromatic heterocycles. The Balaban J connectivity index is 2.42. The number of hydrogen-bond acceptors (Lipinski definition) is 3. The Hall–Kier alpha value is -1.75. The Morgan fingerprint density at radius 3 is 2.61 bits per heavy atom. The standard InChI is InChI=1S/C13H12FNO2S/c1-2-3-10-11(13(16)17)15-12(18-10)8-4-6-9(14)7-5-8/h4-7H,2-3H2,1H3,(H,16,17). The number of aromatic nitrogens is 1. The summed E-state index contributed by atoms with van der Waals surface area (Å²) in [5.74, 6) is -1.33. The number of rotatable bonds is 4. The van der Waals surface area contributed by atoms with Crippen LogP contribution in [-0.2, 0) is 6.42 Å². The quantitative estimate of drug-likeness (QED) is 0.918. The molecule has 5 heteroatoms. The lowest BCUT2D eigenvalue weighted by Crippen LogP contribution is -2.00. The second-order valence-corrected chi connectivity index (χ2v) is 4.94. The minimum atomic E-state index is -1.01. The highest BCUT2D eigenvalue weighted by Crippen LogP contribution is 2.29. The largest absolute Gasteiger partial charge is 0.476 e. The summed E-state index contributed by atoms with van der Waals surface area (Å²) in [5, 5.41) is 9.70. The van der Waals surface area contributed by atoms with Crippen molar-refractivity contribution in [1.29, 1.82) is 0 Å². The third-order valence-electron chi connectivity index (χ3n) is 2.47. The fourth-order valence-electron chi connectivity index (χ4n) is 1.63. The predicted octanol–water partition coefficient (Wildman–Crippen LogP) is 3.60. The van der Waals surface area contributed by atoms with Gasteiger partial charge in [-0.3, -0.25) is 0 Å². The van der Waals surface area contributed by atoms with Gasteiger partial charge in [0, 0.05) is 10.4 Å². The fraction of sp³-hybridized carbons (Fsp3) is 0.231. The van der Waals surface area contributed by atoms with Crippen molar-refractivity contribution in [2.24, 2.45) is 0 Å². The molecule has 0 atom stereocenters. The Morgan fingerprint density at radius 1 is 1.39 bits per heavy atom. The van der Waals surface area contributed by atoms with Crippen LogP contribution in [0.3, 0.4) is 0 Å². The van der Waals surface area contributed by atoms with E-state index >= 15 is 0 Å². The summed E-state index contributed by atoms with van der Waals surface area (Å²) in [6, 6.07) is 5.90. The summed E-state index contributed by atoms with van der Waals surface area (Å²) < 4.78 is 12.8. The molecule has 0 radical (unpaired) electrons. The number of carboxylic acid groups (broad SMARTS) is 1. The molecule has 0 amide bonds. The summed E-state index contributed by atoms with van der Waals surface area (Å²) in [6.45, 7) is 1.99. The molecule has 94 valence electrons. The summed E-state index contributed by atoms with van der Waals surface area (Å²) in [5.41, 5.74) is 0.854. The third-order valence-corrected chi connectivity index (χ3v) is 3.63. The highest BCUT2D eigenvalue weighted by molar-refractivity contribution is 7.15. The lowest BCUT2D eigenvalue weighted by Gasteiger charge is -1.94. The van der Waals surface area contributed by atoms with Crippen LogP contribution in [0.4, 0.5) is 4.39 Å². The van der Waals surface area contributed by atoms with Gasteiger partial charge in [-0.15, -0.1) is 11.3 Å². The summed E-state index contributed by atoms with van der Waals surface area (Å²) in [6.07, 6.45) is 1.56. The van der Waals surface area contributed by atoms with E-state index in [0.717, 1.165) is 16.9 Å². The number of aromatic carboxylic acids is 1. The molecule has 2 aromatic rings. The molecular formula is C13H12FNO2S. The Kier molecular flexibility index (Phi) is 3.72. The van der Waals surface area contributed by atoms with Crippen LogP contribution in [0, 0.1) is 5.82 Å². The molecule has 0 bridgehead atoms. The van der Waals surface area contributed by atoms with E-state index in [4.69, 9.17) is 5.11 Å². The van der Waals surface area contributed by atoms with E-state index in [1.807, 2.05) is 6.92 Å². The maximum absolute atomic E-state index is 12.8. The molecule has 0 fully saturated rings. The first-order valence-electron chi connectivity index (χ1n) is 5.60. The van der Waals surface area contributed by atoms with Gasteiger partial charge in [-0.1, -0.05) is 13.3 Å². The van der Waals surface area contributed by atoms with Crippen LogP contribution >= 0.6 is 11.3 Å². The van der Waals surface area contributed by atoms with Crippen LogP contribution in [0.1, 0.15) is 28.7 Å². The number of benzene rings is 1. The number of thiazole rings is 1. The highest BCUT2D eigenvalue weighted by Gasteiger charge is 2.17. The van der Waals surface area contributed by atoms with Gasteiger partial charge in [0.15, 0.2) is 5.69 Å². The van der Waals surface area contributed by atoms with Gasteiger partial charge in [-0.05, 0) is 30.7 Å². The summed E-state index contributed by atoms with van der Waals surface area (Å²) in [4.78, 5) is 16.0. The minimum absolute atomic E-state index is 0.112. The molecule has 0 saturated heterocycles. The molecule has 2 rings (SSSR count). The minimum Gasteiger partial charge on any atom is -0.476 e. The van der Waals surface area contributed by atoms with E-state index in [2.05, 4.69) is 4.98 Å². The van der Waals surface area contributed by atoms with Gasteiger partial charge in [0.25, 0.3) is 0 Å². The Bertz CT molecular complexity index is 563. The van der Waals surface area contributed by atoms with Gasteiger partial charge in [0.1, 0.15) is 10.8 Å². The average molecular weight is 265 g/mol. The van der Waals surface area contributed by atoms with E-state index in [9.17, 15) is 9.18 Å². The maximum Gasteiger partial charge on any atom is 0.355 e. The molecule has 0 aliphatic heterocycles. The molecule has 18 heavy (non-hydrogen) atoms. The van der Waals surface area contributed by atoms with Crippen LogP contribution in [0.2, 0.25) is 0 Å². The Labute approximate surface area is 108 Å². The van der Waals surface area contributed by atoms with E-state index in [-0.39, 0.29) is 11.5 Å². The van der Waals surface area contributed by atoms with Crippen LogP contribution in [0.25, 0.3) is 10.6 Å². The first kappa shape index (κ1) is 12.7. The molecule has 3 nitrogen and oxygen atoms in total. The smallest absolute Gasteiger partial charge is 0.355 e. The highest BCUT2D eigenvalue weighted by atomic mass is 32.1. The van der Waals surface area contributed by atoms with Crippen molar-refractivity contribution in [2.45, 2.75) is 19.8 Å². The summed E-state index contributed by atoms with van der Waals surface area (Å²) in [7, 11) is 0. The molecule has 0 aliphatic carbocycles. The number of hydrogen-bond donors (Lipinski definition) is 1. The maximum atomic E-state index is 12.8. The number of nitrogens with zero attached hydrogens (tertiary/aromatic N) is 1. The molecule has 1 heterocycles. The SMILES string of the molecule is CCCc1sc(-c2ccc(F)cc2)nc1C(=O)O. The van der Waals surface area contributed by atoms with Crippen LogP contribution in [0.15, 0.2) is 24.3 Å². The first-order chi connectivity index (χ1) is 8.61. The van der Waals surface area contributed by atoms with Crippen molar-refractivity contribution in [1.82, 2.24) is 4.98 Å². The van der Waals surface area contributed by atoms with E-state index in [1.165, 1.54) is 23.5 Å². The second-order valence-electron chi connectivity index (χ2n) is 3.85. The monoisotopic (exact) mass is 265 g/mol. The summed E-state index contributed by atoms with van der Waals surface area (Å²) >= 11 is 1.36. The zero-order valence-electron chi connectivity index (χ0n) is 9.81. The zero-order valence-corrected chi connectivity index (χ0v) is 10.6. The van der Waals surface area contributed by atoms with Gasteiger partial charge in [0.05, 0.1) is 0 Å². The van der Waals surface area contributed by atoms with Crippen molar-refractivity contribution in [2.75, 3.05) is 0 Å². The predicted molar refractivity (Wildman–Crippen MR) is 68.5 cm³/mol. The molecule has 0 unspecified atom stereocenters. The molecule has 0 saturated carbocycles. The van der Waals surface area contributed by atoms with E-state index < -0.39 is 5.97 Å². The van der Waals surface area contributed by atoms with Crippen molar-refractivity contribution >= 4 is 17.3 Å². The Morgan fingerprint density at radius 2 is 2.06 bits per heavy atom. The molecule has 0 aliphatic rings. The van der Waals surface area contributed by atoms with Crippen LogP contribution in [0.5, 0.6) is 0 Å². The van der Waals surface area contributed by atoms with Crippen molar-refractivity contribution < 1.29 is 14.3 Å². The van der Waals surface area contributed by atoms with Crippen molar-refractivity contribution in [3.63, 3.8) is 0 Å². The molecule has 1 aromatic carbocycles. The molecule has 1 N–H and O–H groups in total. The number of halogens is 1. The zero-order chi connectivity index (χ0) is 13.1. The van der Waals surface area contributed by atoms with Gasteiger partial charge >= 0.3 is 5.97 Å². The van der Waals surface area contributed by atoms with Gasteiger partial charge < -0.3 is 5.11 Å². The number of carbonyl (C=O) groups is 1. The van der Waals surface area contributed by atoms with Gasteiger partial charge in [-0.2, -0.15) is 0 Å². The van der Waals surface area contributed by atoms with E-state index in [0.29, 0.717) is 11.4 Å².